The summed E-state index contributed by atoms with van der Waals surface area (Å²) in [5.74, 6) is 0. The fraction of sp³-hybridized carbons (Fsp3) is 0.143. The lowest BCUT2D eigenvalue weighted by Crippen LogP contribution is -2.01. The number of hydrogen-bond acceptors (Lipinski definition) is 2. The molecule has 0 bridgehead atoms. The van der Waals surface area contributed by atoms with Crippen molar-refractivity contribution in [2.45, 2.75) is 11.2 Å². The molecule has 0 aromatic heterocycles. The first kappa shape index (κ1) is 15.9. The average molecular weight is 511 g/mol. The number of nitrogens with zero attached hydrogens (tertiary/aromatic N) is 1. The topological polar surface area (TPSA) is 43.1 Å². The van der Waals surface area contributed by atoms with Crippen molar-refractivity contribution in [1.82, 2.24) is 0 Å². The van der Waals surface area contributed by atoms with Gasteiger partial charge in [-0.15, -0.1) is 0 Å². The minimum atomic E-state index is -0.332. The van der Waals surface area contributed by atoms with Gasteiger partial charge in [0, 0.05) is 24.5 Å². The summed E-state index contributed by atoms with van der Waals surface area (Å²) < 4.78 is 2.13. The Balaban J connectivity index is 2.30. The first-order valence-corrected chi connectivity index (χ1v) is 8.59. The number of nitro benzene ring substituents is 1. The molecule has 0 aliphatic carbocycles. The molecule has 6 heteroatoms. The van der Waals surface area contributed by atoms with Crippen LogP contribution in [0.2, 0.25) is 0 Å². The van der Waals surface area contributed by atoms with Gasteiger partial charge in [-0.2, -0.15) is 0 Å². The number of para-hydroxylation sites is 1. The molecule has 0 N–H and O–H groups in total. The van der Waals surface area contributed by atoms with E-state index in [-0.39, 0.29) is 15.4 Å². The van der Waals surface area contributed by atoms with Crippen molar-refractivity contribution in [1.29, 1.82) is 0 Å². The van der Waals surface area contributed by atoms with Crippen molar-refractivity contribution in [3.05, 3.63) is 71.7 Å². The van der Waals surface area contributed by atoms with E-state index < -0.39 is 0 Å². The average Bonchev–Trinajstić information content (AvgIpc) is 2.41. The Kier molecular flexibility index (Phi) is 5.57. The predicted molar refractivity (Wildman–Crippen MR) is 95.3 cm³/mol. The van der Waals surface area contributed by atoms with Gasteiger partial charge in [-0.3, -0.25) is 10.1 Å². The maximum Gasteiger partial charge on any atom is 0.272 e. The van der Waals surface area contributed by atoms with E-state index in [0.29, 0.717) is 6.42 Å². The maximum absolute atomic E-state index is 11.0. The first-order valence-electron chi connectivity index (χ1n) is 5.80. The van der Waals surface area contributed by atoms with E-state index in [1.165, 1.54) is 0 Å². The van der Waals surface area contributed by atoms with Crippen LogP contribution < -0.4 is 0 Å². The number of rotatable bonds is 4. The van der Waals surface area contributed by atoms with Crippen LogP contribution in [0.15, 0.2) is 46.9 Å². The third kappa shape index (κ3) is 3.79. The molecule has 0 heterocycles. The van der Waals surface area contributed by atoms with Gasteiger partial charge >= 0.3 is 0 Å². The van der Waals surface area contributed by atoms with Crippen LogP contribution >= 0.6 is 54.5 Å². The summed E-state index contributed by atoms with van der Waals surface area (Å²) in [5.41, 5.74) is 2.02. The Morgan fingerprint density at radius 3 is 2.65 bits per heavy atom. The molecule has 0 radical (unpaired) electrons. The molecule has 20 heavy (non-hydrogen) atoms. The number of hydrogen-bond donors (Lipinski definition) is 0. The number of halogens is 3. The fourth-order valence-corrected chi connectivity index (χ4v) is 4.16. The van der Waals surface area contributed by atoms with Crippen LogP contribution in [0.3, 0.4) is 0 Å². The Labute approximate surface area is 147 Å². The number of nitro groups is 1. The van der Waals surface area contributed by atoms with E-state index in [9.17, 15) is 10.1 Å². The Morgan fingerprint density at radius 2 is 1.95 bits per heavy atom. The lowest BCUT2D eigenvalue weighted by Gasteiger charge is -2.13. The molecule has 1 atom stereocenters. The Bertz CT molecular complexity index is 649. The maximum atomic E-state index is 11.0. The number of benzene rings is 2. The predicted octanol–water partition coefficient (Wildman–Crippen LogP) is 5.64. The third-order valence-corrected chi connectivity index (χ3v) is 5.18. The summed E-state index contributed by atoms with van der Waals surface area (Å²) in [6.45, 7) is 0. The molecule has 0 amide bonds. The minimum Gasteiger partial charge on any atom is -0.258 e. The molecule has 0 spiro atoms. The largest absolute Gasteiger partial charge is 0.272 e. The molecule has 0 saturated heterocycles. The van der Waals surface area contributed by atoms with Crippen LogP contribution in [0, 0.1) is 13.7 Å². The van der Waals surface area contributed by atoms with Crippen LogP contribution in [0.5, 0.6) is 0 Å². The lowest BCUT2D eigenvalue weighted by atomic mass is 10.0. The van der Waals surface area contributed by atoms with Crippen LogP contribution in [-0.2, 0) is 6.42 Å². The molecule has 0 saturated carbocycles. The highest BCUT2D eigenvalue weighted by Gasteiger charge is 2.18. The second-order valence-corrected chi connectivity index (χ2v) is 7.41. The summed E-state index contributed by atoms with van der Waals surface area (Å²) >= 11 is 9.37. The smallest absolute Gasteiger partial charge is 0.258 e. The zero-order valence-corrected chi connectivity index (χ0v) is 15.6. The van der Waals surface area contributed by atoms with Crippen LogP contribution in [-0.4, -0.2) is 4.92 Å². The molecule has 2 aromatic carbocycles. The normalized spacial score (nSPS) is 12.2. The Hall–Kier alpha value is -0.470. The van der Waals surface area contributed by atoms with Crippen molar-refractivity contribution in [2.24, 2.45) is 0 Å². The molecule has 0 aliphatic rings. The molecular weight excluding hydrogens is 501 g/mol. The minimum absolute atomic E-state index is 0.0352. The van der Waals surface area contributed by atoms with Crippen molar-refractivity contribution in [3.8, 4) is 0 Å². The molecule has 1 unspecified atom stereocenters. The standard InChI is InChI=1S/C14H10Br2INO2/c15-10-5-6-13(17)11(8-10)12(16)7-9-3-1-2-4-14(9)18(19)20/h1-6,8,12H,7H2. The molecule has 0 fully saturated rings. The van der Waals surface area contributed by atoms with E-state index in [4.69, 9.17) is 0 Å². The lowest BCUT2D eigenvalue weighted by molar-refractivity contribution is -0.385. The van der Waals surface area contributed by atoms with Crippen molar-refractivity contribution in [2.75, 3.05) is 0 Å². The number of alkyl halides is 1. The summed E-state index contributed by atoms with van der Waals surface area (Å²) in [5, 5.41) is 11.0. The molecule has 2 rings (SSSR count). The highest BCUT2D eigenvalue weighted by molar-refractivity contribution is 14.1. The van der Waals surface area contributed by atoms with Gasteiger partial charge in [-0.25, -0.2) is 0 Å². The molecule has 0 aliphatic heterocycles. The van der Waals surface area contributed by atoms with Gasteiger partial charge in [0.05, 0.1) is 4.92 Å². The Morgan fingerprint density at radius 1 is 1.25 bits per heavy atom. The first-order chi connectivity index (χ1) is 9.49. The van der Waals surface area contributed by atoms with Gasteiger partial charge in [0.25, 0.3) is 5.69 Å². The highest BCUT2D eigenvalue weighted by atomic mass is 127. The second kappa shape index (κ2) is 7.00. The zero-order valence-electron chi connectivity index (χ0n) is 10.2. The summed E-state index contributed by atoms with van der Waals surface area (Å²) in [4.78, 5) is 10.7. The van der Waals surface area contributed by atoms with E-state index in [2.05, 4.69) is 54.5 Å². The molecular formula is C14H10Br2INO2. The third-order valence-electron chi connectivity index (χ3n) is 2.88. The van der Waals surface area contributed by atoms with Crippen LogP contribution in [0.1, 0.15) is 16.0 Å². The van der Waals surface area contributed by atoms with E-state index in [1.807, 2.05) is 24.3 Å². The van der Waals surface area contributed by atoms with E-state index in [1.54, 1.807) is 18.2 Å². The molecule has 104 valence electrons. The fourth-order valence-electron chi connectivity index (χ4n) is 1.92. The van der Waals surface area contributed by atoms with Gasteiger partial charge in [0.1, 0.15) is 0 Å². The summed E-state index contributed by atoms with van der Waals surface area (Å²) in [6, 6.07) is 12.9. The van der Waals surface area contributed by atoms with Crippen molar-refractivity contribution in [3.63, 3.8) is 0 Å². The van der Waals surface area contributed by atoms with Crippen LogP contribution in [0.25, 0.3) is 0 Å². The van der Waals surface area contributed by atoms with Gasteiger partial charge < -0.3 is 0 Å². The highest BCUT2D eigenvalue weighted by Crippen LogP contribution is 2.34. The molecule has 2 aromatic rings. The quantitative estimate of drug-likeness (QED) is 0.231. The van der Waals surface area contributed by atoms with Gasteiger partial charge in [-0.1, -0.05) is 50.1 Å². The van der Waals surface area contributed by atoms with Gasteiger partial charge in [0.15, 0.2) is 0 Å². The SMILES string of the molecule is O=[N+]([O-])c1ccccc1CC(Br)c1cc(Br)ccc1I. The van der Waals surface area contributed by atoms with Crippen LogP contribution in [0.4, 0.5) is 5.69 Å². The van der Waals surface area contributed by atoms with Gasteiger partial charge in [-0.05, 0) is 52.8 Å². The van der Waals surface area contributed by atoms with Crippen molar-refractivity contribution < 1.29 is 4.92 Å². The van der Waals surface area contributed by atoms with Crippen molar-refractivity contribution >= 4 is 60.1 Å². The summed E-state index contributed by atoms with van der Waals surface area (Å²) in [7, 11) is 0. The van der Waals surface area contributed by atoms with E-state index in [0.717, 1.165) is 19.2 Å². The zero-order chi connectivity index (χ0) is 14.7. The van der Waals surface area contributed by atoms with E-state index >= 15 is 0 Å². The summed E-state index contributed by atoms with van der Waals surface area (Å²) in [6.07, 6.45) is 0.573. The monoisotopic (exact) mass is 509 g/mol. The van der Waals surface area contributed by atoms with Gasteiger partial charge in [0.2, 0.25) is 0 Å². The second-order valence-electron chi connectivity index (χ2n) is 4.22. The molecule has 3 nitrogen and oxygen atoms in total.